The Bertz CT molecular complexity index is 1460. The van der Waals surface area contributed by atoms with Crippen molar-refractivity contribution in [2.45, 2.75) is 25.5 Å². The van der Waals surface area contributed by atoms with Crippen LogP contribution in [0.25, 0.3) is 11.3 Å². The van der Waals surface area contributed by atoms with Gasteiger partial charge in [-0.05, 0) is 42.7 Å². The fourth-order valence-corrected chi connectivity index (χ4v) is 4.95. The number of amides is 2. The molecule has 0 aliphatic carbocycles. The monoisotopic (exact) mass is 510 g/mol. The molecule has 1 aromatic carbocycles. The van der Waals surface area contributed by atoms with E-state index in [-0.39, 0.29) is 12.2 Å². The van der Waals surface area contributed by atoms with Gasteiger partial charge in [0, 0.05) is 29.6 Å². The Morgan fingerprint density at radius 3 is 2.86 bits per heavy atom. The molecular weight excluding hydrogens is 494 g/mol. The van der Waals surface area contributed by atoms with Crippen LogP contribution in [0.3, 0.4) is 0 Å². The third-order valence-corrected chi connectivity index (χ3v) is 6.81. The number of aryl methyl sites for hydroxylation is 1. The fraction of sp³-hybridized carbons (Fsp3) is 0.160. The van der Waals surface area contributed by atoms with Crippen LogP contribution < -0.4 is 15.0 Å². The van der Waals surface area contributed by atoms with Crippen LogP contribution in [0.15, 0.2) is 59.7 Å². The fourth-order valence-electron chi connectivity index (χ4n) is 4.45. The maximum Gasteiger partial charge on any atom is 0.326 e. The van der Waals surface area contributed by atoms with Gasteiger partial charge in [0.1, 0.15) is 23.4 Å². The molecule has 1 N–H and O–H groups in total. The summed E-state index contributed by atoms with van der Waals surface area (Å²) in [4.78, 5) is 23.2. The van der Waals surface area contributed by atoms with Gasteiger partial charge in [0.15, 0.2) is 0 Å². The summed E-state index contributed by atoms with van der Waals surface area (Å²) in [7, 11) is 0. The number of fused-ring (bicyclic) bond motifs is 2. The second kappa shape index (κ2) is 8.55. The average molecular weight is 511 g/mol. The molecule has 3 aromatic heterocycles. The summed E-state index contributed by atoms with van der Waals surface area (Å²) in [5, 5.41) is 3.70. The highest BCUT2D eigenvalue weighted by molar-refractivity contribution is 6.34. The van der Waals surface area contributed by atoms with E-state index >= 15 is 0 Å². The van der Waals surface area contributed by atoms with Crippen molar-refractivity contribution >= 4 is 40.6 Å². The Hall–Kier alpha value is -3.62. The van der Waals surface area contributed by atoms with Gasteiger partial charge in [0.2, 0.25) is 0 Å². The van der Waals surface area contributed by atoms with Gasteiger partial charge in [-0.3, -0.25) is 14.9 Å². The largest absolute Gasteiger partial charge is 0.484 e. The second-order valence-corrected chi connectivity index (χ2v) is 9.08. The molecule has 0 bridgehead atoms. The Morgan fingerprint density at radius 1 is 1.17 bits per heavy atom. The minimum Gasteiger partial charge on any atom is -0.484 e. The number of urea groups is 1. The summed E-state index contributed by atoms with van der Waals surface area (Å²) in [6, 6.07) is 7.76. The molecular formula is C25H17Cl2FN4O3. The minimum absolute atomic E-state index is 0.171. The van der Waals surface area contributed by atoms with Gasteiger partial charge in [-0.15, -0.1) is 0 Å². The number of aromatic nitrogens is 2. The van der Waals surface area contributed by atoms with Gasteiger partial charge < -0.3 is 14.5 Å². The van der Waals surface area contributed by atoms with Crippen molar-refractivity contribution in [3.8, 4) is 17.0 Å². The van der Waals surface area contributed by atoms with Gasteiger partial charge >= 0.3 is 6.03 Å². The molecule has 1 unspecified atom stereocenters. The average Bonchev–Trinajstić information content (AvgIpc) is 3.39. The first-order valence-corrected chi connectivity index (χ1v) is 11.6. The number of anilines is 2. The van der Waals surface area contributed by atoms with E-state index in [9.17, 15) is 9.18 Å². The molecule has 5 heterocycles. The number of nitrogens with one attached hydrogen (secondary N) is 1. The normalized spacial score (nSPS) is 16.8. The lowest BCUT2D eigenvalue weighted by molar-refractivity contribution is 0.167. The lowest BCUT2D eigenvalue weighted by Gasteiger charge is -2.33. The first kappa shape index (κ1) is 21.9. The maximum atomic E-state index is 14.3. The summed E-state index contributed by atoms with van der Waals surface area (Å²) in [6.45, 7) is 0.171. The smallest absolute Gasteiger partial charge is 0.326 e. The highest BCUT2D eigenvalue weighted by Crippen LogP contribution is 2.44. The number of ether oxygens (including phenoxy) is 1. The van der Waals surface area contributed by atoms with Crippen LogP contribution in [-0.2, 0) is 13.0 Å². The highest BCUT2D eigenvalue weighted by atomic mass is 35.5. The zero-order valence-electron chi connectivity index (χ0n) is 18.1. The minimum atomic E-state index is -0.535. The lowest BCUT2D eigenvalue weighted by Crippen LogP contribution is -2.39. The van der Waals surface area contributed by atoms with E-state index in [0.717, 1.165) is 11.1 Å². The number of carbonyl (C=O) groups excluding carboxylic acids is 1. The number of carbonyl (C=O) groups is 1. The van der Waals surface area contributed by atoms with E-state index in [1.165, 1.54) is 23.4 Å². The van der Waals surface area contributed by atoms with Gasteiger partial charge in [0.25, 0.3) is 0 Å². The molecule has 1 atom stereocenters. The van der Waals surface area contributed by atoms with E-state index in [0.29, 0.717) is 51.3 Å². The molecule has 7 nitrogen and oxygen atoms in total. The standard InChI is InChI=1S/C25H17Cl2FN4O3/c26-16-8-13-3-4-20(24-18(28)2-1-6-29-24)35-21(13)9-19(16)32-11-15-17(27)10-30-22(14-5-7-34-12-14)23(15)31-25(32)33/h1-2,5-10,12,20H,3-4,11H2,(H,31,33). The van der Waals surface area contributed by atoms with Crippen molar-refractivity contribution in [3.05, 3.63) is 87.9 Å². The summed E-state index contributed by atoms with van der Waals surface area (Å²) < 4.78 is 25.6. The summed E-state index contributed by atoms with van der Waals surface area (Å²) in [6.07, 6.45) is 6.83. The van der Waals surface area contributed by atoms with Crippen LogP contribution >= 0.6 is 23.2 Å². The molecule has 10 heteroatoms. The second-order valence-electron chi connectivity index (χ2n) is 8.26. The summed E-state index contributed by atoms with van der Waals surface area (Å²) >= 11 is 13.1. The molecule has 176 valence electrons. The van der Waals surface area contributed by atoms with Crippen LogP contribution in [0.2, 0.25) is 10.0 Å². The van der Waals surface area contributed by atoms with E-state index < -0.39 is 18.0 Å². The van der Waals surface area contributed by atoms with Crippen molar-refractivity contribution in [3.63, 3.8) is 0 Å². The molecule has 2 aliphatic heterocycles. The van der Waals surface area contributed by atoms with Crippen LogP contribution in [0.1, 0.15) is 29.3 Å². The topological polar surface area (TPSA) is 80.5 Å². The third-order valence-electron chi connectivity index (χ3n) is 6.18. The molecule has 2 amide bonds. The van der Waals surface area contributed by atoms with E-state index in [2.05, 4.69) is 15.3 Å². The van der Waals surface area contributed by atoms with Crippen molar-refractivity contribution in [2.75, 3.05) is 10.2 Å². The predicted octanol–water partition coefficient (Wildman–Crippen LogP) is 6.80. The molecule has 0 saturated carbocycles. The highest BCUT2D eigenvalue weighted by Gasteiger charge is 2.32. The van der Waals surface area contributed by atoms with E-state index in [1.807, 2.05) is 0 Å². The van der Waals surface area contributed by atoms with Crippen molar-refractivity contribution in [2.24, 2.45) is 0 Å². The first-order chi connectivity index (χ1) is 17.0. The number of benzene rings is 1. The number of rotatable bonds is 3. The first-order valence-electron chi connectivity index (χ1n) is 10.9. The zero-order valence-corrected chi connectivity index (χ0v) is 19.6. The summed E-state index contributed by atoms with van der Waals surface area (Å²) in [5.41, 5.74) is 4.09. The number of hydrogen-bond donors (Lipinski definition) is 1. The lowest BCUT2D eigenvalue weighted by atomic mass is 9.99. The molecule has 0 spiro atoms. The van der Waals surface area contributed by atoms with Crippen molar-refractivity contribution < 1.29 is 18.3 Å². The van der Waals surface area contributed by atoms with Gasteiger partial charge in [-0.25, -0.2) is 9.18 Å². The van der Waals surface area contributed by atoms with Gasteiger partial charge in [-0.1, -0.05) is 23.2 Å². The SMILES string of the molecule is O=C1Nc2c(-c3ccoc3)ncc(Cl)c2CN1c1cc2c(cc1Cl)CCC(c1ncccc1F)O2. The van der Waals surface area contributed by atoms with Crippen molar-refractivity contribution in [1.29, 1.82) is 0 Å². The number of furan rings is 1. The maximum absolute atomic E-state index is 14.3. The molecule has 6 rings (SSSR count). The zero-order chi connectivity index (χ0) is 24.1. The molecule has 0 fully saturated rings. The van der Waals surface area contributed by atoms with E-state index in [4.69, 9.17) is 32.4 Å². The third kappa shape index (κ3) is 3.79. The molecule has 0 radical (unpaired) electrons. The Kier molecular flexibility index (Phi) is 5.35. The van der Waals surface area contributed by atoms with Crippen LogP contribution in [0, 0.1) is 5.82 Å². The van der Waals surface area contributed by atoms with Gasteiger partial charge in [0.05, 0.1) is 46.2 Å². The number of pyridine rings is 2. The predicted molar refractivity (Wildman–Crippen MR) is 129 cm³/mol. The molecule has 0 saturated heterocycles. The van der Waals surface area contributed by atoms with E-state index in [1.54, 1.807) is 36.7 Å². The quantitative estimate of drug-likeness (QED) is 0.327. The van der Waals surface area contributed by atoms with Crippen LogP contribution in [0.5, 0.6) is 5.75 Å². The Labute approximate surface area is 209 Å². The number of hydrogen-bond acceptors (Lipinski definition) is 5. The Morgan fingerprint density at radius 2 is 2.06 bits per heavy atom. The van der Waals surface area contributed by atoms with Crippen molar-refractivity contribution in [1.82, 2.24) is 9.97 Å². The molecule has 4 aromatic rings. The number of halogens is 3. The molecule has 2 aliphatic rings. The van der Waals surface area contributed by atoms with Gasteiger partial charge in [-0.2, -0.15) is 0 Å². The number of nitrogens with zero attached hydrogens (tertiary/aromatic N) is 3. The summed E-state index contributed by atoms with van der Waals surface area (Å²) in [5.74, 6) is 0.114. The Balaban J connectivity index is 1.36. The van der Waals surface area contributed by atoms with Crippen LogP contribution in [-0.4, -0.2) is 16.0 Å². The van der Waals surface area contributed by atoms with Crippen LogP contribution in [0.4, 0.5) is 20.6 Å². The molecule has 35 heavy (non-hydrogen) atoms.